The molecule has 1 unspecified atom stereocenters. The normalized spacial score (nSPS) is 16.9. The molecule has 2 heterocycles. The van der Waals surface area contributed by atoms with Gasteiger partial charge in [-0.15, -0.1) is 0 Å². The molecule has 1 aliphatic rings. The fraction of sp³-hybridized carbons (Fsp3) is 0.400. The smallest absolute Gasteiger partial charge is 0.416 e. The second-order valence-electron chi connectivity index (χ2n) is 8.43. The van der Waals surface area contributed by atoms with Crippen LogP contribution in [-0.2, 0) is 19.3 Å². The van der Waals surface area contributed by atoms with Crippen LogP contribution in [0, 0.1) is 5.92 Å². The van der Waals surface area contributed by atoms with Crippen molar-refractivity contribution in [2.45, 2.75) is 32.1 Å². The summed E-state index contributed by atoms with van der Waals surface area (Å²) >= 11 is 0. The quantitative estimate of drug-likeness (QED) is 0.534. The Labute approximate surface area is 191 Å². The number of alkyl halides is 3. The minimum absolute atomic E-state index is 0.0923. The lowest BCUT2D eigenvalue weighted by Crippen LogP contribution is -2.38. The van der Waals surface area contributed by atoms with Crippen LogP contribution in [-0.4, -0.2) is 36.9 Å². The molecule has 0 amide bonds. The number of rotatable bonds is 7. The Kier molecular flexibility index (Phi) is 7.05. The molecule has 4 rings (SSSR count). The van der Waals surface area contributed by atoms with Gasteiger partial charge in [-0.1, -0.05) is 18.2 Å². The highest BCUT2D eigenvalue weighted by molar-refractivity contribution is 5.83. The number of halogens is 3. The summed E-state index contributed by atoms with van der Waals surface area (Å²) in [5.41, 5.74) is 1.30. The molecule has 176 valence electrons. The number of aromatic nitrogens is 1. The van der Waals surface area contributed by atoms with Gasteiger partial charge in [0.2, 0.25) is 0 Å². The van der Waals surface area contributed by atoms with Crippen LogP contribution in [0.3, 0.4) is 0 Å². The minimum Gasteiger partial charge on any atom is -0.497 e. The molecule has 2 aromatic carbocycles. The van der Waals surface area contributed by atoms with Crippen molar-refractivity contribution < 1.29 is 23.0 Å². The van der Waals surface area contributed by atoms with Crippen LogP contribution < -0.4 is 15.0 Å². The van der Waals surface area contributed by atoms with E-state index in [9.17, 15) is 18.3 Å². The van der Waals surface area contributed by atoms with E-state index in [1.165, 1.54) is 12.1 Å². The van der Waals surface area contributed by atoms with Gasteiger partial charge in [-0.2, -0.15) is 13.2 Å². The number of hydrogen-bond donors (Lipinski definition) is 2. The highest BCUT2D eigenvalue weighted by Crippen LogP contribution is 2.32. The number of nitrogens with zero attached hydrogens (tertiary/aromatic N) is 2. The SMILES string of the molecule is COc1ccc2cc(CNCc3ccccc3C(F)(F)F)c(N3CCCC(CO)C3)nc2c1. The molecule has 0 saturated carbocycles. The number of benzene rings is 2. The summed E-state index contributed by atoms with van der Waals surface area (Å²) in [6, 6.07) is 13.3. The molecule has 1 atom stereocenters. The Morgan fingerprint density at radius 3 is 2.67 bits per heavy atom. The predicted octanol–water partition coefficient (Wildman–Crippen LogP) is 4.76. The van der Waals surface area contributed by atoms with Gasteiger partial charge in [-0.25, -0.2) is 4.98 Å². The standard InChI is InChI=1S/C25H28F3N3O2/c1-33-21-9-8-18-11-20(14-29-13-19-6-2-3-7-22(19)25(26,27)28)24(30-23(18)12-21)31-10-4-5-17(15-31)16-32/h2-3,6-9,11-12,17,29,32H,4-5,10,13-16H2,1H3. The molecule has 0 aliphatic carbocycles. The topological polar surface area (TPSA) is 57.6 Å². The predicted molar refractivity (Wildman–Crippen MR) is 122 cm³/mol. The highest BCUT2D eigenvalue weighted by Gasteiger charge is 2.32. The number of hydrogen-bond acceptors (Lipinski definition) is 5. The molecular formula is C25H28F3N3O2. The van der Waals surface area contributed by atoms with E-state index in [1.807, 2.05) is 24.3 Å². The molecule has 2 N–H and O–H groups in total. The molecular weight excluding hydrogens is 431 g/mol. The van der Waals surface area contributed by atoms with E-state index < -0.39 is 11.7 Å². The monoisotopic (exact) mass is 459 g/mol. The Bertz CT molecular complexity index is 1100. The number of aliphatic hydroxyl groups excluding tert-OH is 1. The van der Waals surface area contributed by atoms with Crippen LogP contribution in [0.25, 0.3) is 10.9 Å². The number of fused-ring (bicyclic) bond motifs is 1. The van der Waals surface area contributed by atoms with Crippen LogP contribution in [0.1, 0.15) is 29.5 Å². The average molecular weight is 460 g/mol. The zero-order chi connectivity index (χ0) is 23.4. The summed E-state index contributed by atoms with van der Waals surface area (Å²) in [6.07, 6.45) is -2.47. The summed E-state index contributed by atoms with van der Waals surface area (Å²) in [5.74, 6) is 1.69. The Balaban J connectivity index is 1.62. The van der Waals surface area contributed by atoms with Gasteiger partial charge in [0.05, 0.1) is 18.2 Å². The van der Waals surface area contributed by atoms with Crippen molar-refractivity contribution in [2.24, 2.45) is 5.92 Å². The van der Waals surface area contributed by atoms with Crippen LogP contribution in [0.5, 0.6) is 5.75 Å². The largest absolute Gasteiger partial charge is 0.497 e. The van der Waals surface area contributed by atoms with Gasteiger partial charge in [0, 0.05) is 49.8 Å². The Morgan fingerprint density at radius 2 is 1.91 bits per heavy atom. The van der Waals surface area contributed by atoms with Crippen molar-refractivity contribution in [3.8, 4) is 5.75 Å². The van der Waals surface area contributed by atoms with Crippen molar-refractivity contribution in [1.29, 1.82) is 0 Å². The molecule has 0 radical (unpaired) electrons. The first-order valence-electron chi connectivity index (χ1n) is 11.1. The summed E-state index contributed by atoms with van der Waals surface area (Å²) in [7, 11) is 1.61. The lowest BCUT2D eigenvalue weighted by molar-refractivity contribution is -0.138. The van der Waals surface area contributed by atoms with Gasteiger partial charge in [0.15, 0.2) is 0 Å². The van der Waals surface area contributed by atoms with Crippen LogP contribution in [0.2, 0.25) is 0 Å². The first kappa shape index (κ1) is 23.3. The van der Waals surface area contributed by atoms with Gasteiger partial charge in [-0.05, 0) is 48.6 Å². The van der Waals surface area contributed by atoms with Crippen LogP contribution in [0.15, 0.2) is 48.5 Å². The summed E-state index contributed by atoms with van der Waals surface area (Å²) in [6.45, 7) is 2.11. The number of nitrogens with one attached hydrogen (secondary N) is 1. The van der Waals surface area contributed by atoms with Crippen LogP contribution in [0.4, 0.5) is 19.0 Å². The maximum Gasteiger partial charge on any atom is 0.416 e. The maximum atomic E-state index is 13.3. The highest BCUT2D eigenvalue weighted by atomic mass is 19.4. The average Bonchev–Trinajstić information content (AvgIpc) is 2.83. The Hall–Kier alpha value is -2.84. The Morgan fingerprint density at radius 1 is 1.12 bits per heavy atom. The number of pyridine rings is 1. The molecule has 5 nitrogen and oxygen atoms in total. The van der Waals surface area contributed by atoms with Crippen LogP contribution >= 0.6 is 0 Å². The third-order valence-electron chi connectivity index (χ3n) is 6.11. The summed E-state index contributed by atoms with van der Waals surface area (Å²) < 4.78 is 45.3. The fourth-order valence-corrected chi connectivity index (χ4v) is 4.40. The molecule has 3 aromatic rings. The number of anilines is 1. The van der Waals surface area contributed by atoms with Crippen molar-refractivity contribution in [2.75, 3.05) is 31.7 Å². The first-order chi connectivity index (χ1) is 15.9. The van der Waals surface area contributed by atoms with Gasteiger partial charge in [-0.3, -0.25) is 0 Å². The van der Waals surface area contributed by atoms with Crippen molar-refractivity contribution in [3.63, 3.8) is 0 Å². The van der Waals surface area contributed by atoms with Crippen molar-refractivity contribution >= 4 is 16.7 Å². The summed E-state index contributed by atoms with van der Waals surface area (Å²) in [4.78, 5) is 7.07. The van der Waals surface area contributed by atoms with E-state index in [0.717, 1.165) is 47.7 Å². The number of aliphatic hydroxyl groups is 1. The second kappa shape index (κ2) is 9.97. The van der Waals surface area contributed by atoms with Crippen molar-refractivity contribution in [3.05, 3.63) is 65.2 Å². The maximum absolute atomic E-state index is 13.3. The summed E-state index contributed by atoms with van der Waals surface area (Å²) in [5, 5.41) is 13.8. The lowest BCUT2D eigenvalue weighted by Gasteiger charge is -2.34. The minimum atomic E-state index is -4.39. The van der Waals surface area contributed by atoms with Gasteiger partial charge >= 0.3 is 6.18 Å². The first-order valence-corrected chi connectivity index (χ1v) is 11.1. The molecule has 1 aromatic heterocycles. The van der Waals surface area contributed by atoms with E-state index >= 15 is 0 Å². The molecule has 0 spiro atoms. The molecule has 1 aliphatic heterocycles. The number of ether oxygens (including phenoxy) is 1. The van der Waals surface area contributed by atoms with Gasteiger partial charge in [0.25, 0.3) is 0 Å². The van der Waals surface area contributed by atoms with E-state index in [4.69, 9.17) is 9.72 Å². The lowest BCUT2D eigenvalue weighted by atomic mass is 9.98. The van der Waals surface area contributed by atoms with E-state index in [-0.39, 0.29) is 24.6 Å². The van der Waals surface area contributed by atoms with E-state index in [1.54, 1.807) is 13.2 Å². The second-order valence-corrected chi connectivity index (χ2v) is 8.43. The molecule has 8 heteroatoms. The van der Waals surface area contributed by atoms with Crippen molar-refractivity contribution in [1.82, 2.24) is 10.3 Å². The van der Waals surface area contributed by atoms with Gasteiger partial charge in [0.1, 0.15) is 11.6 Å². The zero-order valence-electron chi connectivity index (χ0n) is 18.5. The number of methoxy groups -OCH3 is 1. The van der Waals surface area contributed by atoms with E-state index in [2.05, 4.69) is 10.2 Å². The molecule has 1 saturated heterocycles. The third-order valence-corrected chi connectivity index (χ3v) is 6.11. The molecule has 33 heavy (non-hydrogen) atoms. The number of piperidine rings is 1. The van der Waals surface area contributed by atoms with Gasteiger partial charge < -0.3 is 20.1 Å². The fourth-order valence-electron chi connectivity index (χ4n) is 4.40. The molecule has 0 bridgehead atoms. The zero-order valence-corrected chi connectivity index (χ0v) is 18.5. The third kappa shape index (κ3) is 5.39. The molecule has 1 fully saturated rings. The van der Waals surface area contributed by atoms with E-state index in [0.29, 0.717) is 18.8 Å².